The molecule has 1 aliphatic rings. The van der Waals surface area contributed by atoms with Crippen LogP contribution in [0, 0.1) is 0 Å². The van der Waals surface area contributed by atoms with Gasteiger partial charge in [-0.25, -0.2) is 0 Å². The summed E-state index contributed by atoms with van der Waals surface area (Å²) >= 11 is 0. The molecule has 0 radical (unpaired) electrons. The highest BCUT2D eigenvalue weighted by Gasteiger charge is 2.22. The fourth-order valence-electron chi connectivity index (χ4n) is 3.00. The van der Waals surface area contributed by atoms with Gasteiger partial charge in [-0.2, -0.15) is 0 Å². The first-order chi connectivity index (χ1) is 13.7. The van der Waals surface area contributed by atoms with Crippen molar-refractivity contribution in [1.82, 2.24) is 15.1 Å². The third kappa shape index (κ3) is 5.32. The minimum Gasteiger partial charge on any atom is -0.497 e. The van der Waals surface area contributed by atoms with Crippen LogP contribution in [0.15, 0.2) is 36.4 Å². The lowest BCUT2D eigenvalue weighted by molar-refractivity contribution is -0.130. The van der Waals surface area contributed by atoms with Crippen LogP contribution in [0.25, 0.3) is 0 Å². The van der Waals surface area contributed by atoms with E-state index in [-0.39, 0.29) is 5.91 Å². The van der Waals surface area contributed by atoms with Gasteiger partial charge in [0.25, 0.3) is 0 Å². The van der Waals surface area contributed by atoms with E-state index in [1.165, 1.54) is 0 Å². The van der Waals surface area contributed by atoms with Gasteiger partial charge >= 0.3 is 0 Å². The van der Waals surface area contributed by atoms with E-state index in [9.17, 15) is 4.79 Å². The lowest BCUT2D eigenvalue weighted by Gasteiger charge is -2.35. The van der Waals surface area contributed by atoms with Crippen molar-refractivity contribution in [2.24, 2.45) is 0 Å². The zero-order valence-corrected chi connectivity index (χ0v) is 16.3. The molecule has 2 heterocycles. The molecule has 1 aliphatic heterocycles. The Labute approximate surface area is 165 Å². The van der Waals surface area contributed by atoms with E-state index < -0.39 is 0 Å². The van der Waals surface area contributed by atoms with Crippen molar-refractivity contribution in [2.45, 2.75) is 6.42 Å². The molecule has 3 rings (SSSR count). The fraction of sp³-hybridized carbons (Fsp3) is 0.450. The minimum atomic E-state index is 0.137. The highest BCUT2D eigenvalue weighted by Crippen LogP contribution is 2.17. The van der Waals surface area contributed by atoms with Crippen molar-refractivity contribution in [2.75, 3.05) is 58.5 Å². The quantitative estimate of drug-likeness (QED) is 0.635. The Morgan fingerprint density at radius 2 is 1.71 bits per heavy atom. The highest BCUT2D eigenvalue weighted by molar-refractivity contribution is 5.79. The molecular formula is C20H26N4O4. The predicted molar refractivity (Wildman–Crippen MR) is 105 cm³/mol. The largest absolute Gasteiger partial charge is 0.497 e. The summed E-state index contributed by atoms with van der Waals surface area (Å²) < 4.78 is 15.5. The Morgan fingerprint density at radius 3 is 2.32 bits per heavy atom. The first-order valence-corrected chi connectivity index (χ1v) is 9.30. The molecular weight excluding hydrogens is 360 g/mol. The van der Waals surface area contributed by atoms with Crippen LogP contribution in [0.2, 0.25) is 0 Å². The third-order valence-electron chi connectivity index (χ3n) is 4.63. The molecule has 1 aromatic carbocycles. The van der Waals surface area contributed by atoms with E-state index in [2.05, 4.69) is 15.1 Å². The summed E-state index contributed by atoms with van der Waals surface area (Å²) in [4.78, 5) is 16.6. The van der Waals surface area contributed by atoms with E-state index in [1.807, 2.05) is 35.2 Å². The topological polar surface area (TPSA) is 77.0 Å². The Morgan fingerprint density at radius 1 is 0.964 bits per heavy atom. The maximum atomic E-state index is 12.6. The number of carbonyl (C=O) groups is 1. The second-order valence-electron chi connectivity index (χ2n) is 6.46. The van der Waals surface area contributed by atoms with Gasteiger partial charge in [0.1, 0.15) is 12.4 Å². The van der Waals surface area contributed by atoms with Gasteiger partial charge in [0, 0.05) is 39.4 Å². The molecule has 0 saturated carbocycles. The molecule has 0 unspecified atom stereocenters. The molecule has 8 heteroatoms. The monoisotopic (exact) mass is 386 g/mol. The number of ether oxygens (including phenoxy) is 3. The maximum absolute atomic E-state index is 12.6. The average molecular weight is 386 g/mol. The fourth-order valence-corrected chi connectivity index (χ4v) is 3.00. The maximum Gasteiger partial charge on any atom is 0.233 e. The molecule has 0 aliphatic carbocycles. The molecule has 2 aromatic rings. The van der Waals surface area contributed by atoms with Crippen LogP contribution in [0.4, 0.5) is 5.82 Å². The molecule has 1 fully saturated rings. The second kappa shape index (κ2) is 9.89. The standard InChI is InChI=1S/C20H26N4O4/c1-26-13-14-28-19-8-7-18(21-22-19)23-9-11-24(12-10-23)20(25)15-16-3-5-17(27-2)6-4-16/h3-8H,9-15H2,1-2H3. The number of hydrogen-bond donors (Lipinski definition) is 0. The summed E-state index contributed by atoms with van der Waals surface area (Å²) in [5.74, 6) is 2.20. The summed E-state index contributed by atoms with van der Waals surface area (Å²) in [5, 5.41) is 8.32. The van der Waals surface area contributed by atoms with Gasteiger partial charge in [-0.3, -0.25) is 4.79 Å². The van der Waals surface area contributed by atoms with Gasteiger partial charge in [-0.1, -0.05) is 12.1 Å². The number of piperazine rings is 1. The molecule has 28 heavy (non-hydrogen) atoms. The summed E-state index contributed by atoms with van der Waals surface area (Å²) in [7, 11) is 3.26. The van der Waals surface area contributed by atoms with Crippen LogP contribution in [0.5, 0.6) is 11.6 Å². The highest BCUT2D eigenvalue weighted by atomic mass is 16.5. The number of carbonyl (C=O) groups excluding carboxylic acids is 1. The summed E-state index contributed by atoms with van der Waals surface area (Å²) in [6, 6.07) is 11.3. The molecule has 1 aromatic heterocycles. The molecule has 0 spiro atoms. The van der Waals surface area contributed by atoms with Crippen molar-refractivity contribution in [1.29, 1.82) is 0 Å². The number of benzene rings is 1. The van der Waals surface area contributed by atoms with Gasteiger partial charge in [-0.05, 0) is 23.8 Å². The van der Waals surface area contributed by atoms with Crippen molar-refractivity contribution in [3.8, 4) is 11.6 Å². The van der Waals surface area contributed by atoms with Gasteiger partial charge < -0.3 is 24.0 Å². The lowest BCUT2D eigenvalue weighted by atomic mass is 10.1. The van der Waals surface area contributed by atoms with Crippen LogP contribution in [-0.2, 0) is 16.0 Å². The van der Waals surface area contributed by atoms with Gasteiger partial charge in [0.2, 0.25) is 11.8 Å². The van der Waals surface area contributed by atoms with Crippen LogP contribution in [0.1, 0.15) is 5.56 Å². The van der Waals surface area contributed by atoms with Crippen molar-refractivity contribution < 1.29 is 19.0 Å². The van der Waals surface area contributed by atoms with E-state index >= 15 is 0 Å². The molecule has 8 nitrogen and oxygen atoms in total. The van der Waals surface area contributed by atoms with E-state index in [4.69, 9.17) is 14.2 Å². The lowest BCUT2D eigenvalue weighted by Crippen LogP contribution is -2.49. The first kappa shape index (κ1) is 19.9. The number of rotatable bonds is 8. The SMILES string of the molecule is COCCOc1ccc(N2CCN(C(=O)Cc3ccc(OC)cc3)CC2)nn1. The Bertz CT molecular complexity index is 744. The summed E-state index contributed by atoms with van der Waals surface area (Å²) in [6.45, 7) is 3.75. The Balaban J connectivity index is 1.47. The number of anilines is 1. The van der Waals surface area contributed by atoms with Crippen molar-refractivity contribution in [3.63, 3.8) is 0 Å². The Hall–Kier alpha value is -2.87. The van der Waals surface area contributed by atoms with Gasteiger partial charge in [0.15, 0.2) is 5.82 Å². The van der Waals surface area contributed by atoms with Crippen LogP contribution in [0.3, 0.4) is 0 Å². The second-order valence-corrected chi connectivity index (χ2v) is 6.46. The molecule has 150 valence electrons. The van der Waals surface area contributed by atoms with E-state index in [0.29, 0.717) is 38.6 Å². The number of methoxy groups -OCH3 is 2. The smallest absolute Gasteiger partial charge is 0.233 e. The van der Waals surface area contributed by atoms with E-state index in [1.54, 1.807) is 20.3 Å². The van der Waals surface area contributed by atoms with Crippen LogP contribution in [-0.4, -0.2) is 74.6 Å². The molecule has 1 saturated heterocycles. The molecule has 1 amide bonds. The van der Waals surface area contributed by atoms with Crippen molar-refractivity contribution in [3.05, 3.63) is 42.0 Å². The third-order valence-corrected chi connectivity index (χ3v) is 4.63. The summed E-state index contributed by atoms with van der Waals surface area (Å²) in [5.41, 5.74) is 0.989. The molecule has 0 bridgehead atoms. The normalized spacial score (nSPS) is 14.1. The van der Waals surface area contributed by atoms with Crippen LogP contribution < -0.4 is 14.4 Å². The van der Waals surface area contributed by atoms with Crippen LogP contribution >= 0.6 is 0 Å². The average Bonchev–Trinajstić information content (AvgIpc) is 2.75. The van der Waals surface area contributed by atoms with Gasteiger partial charge in [0.05, 0.1) is 20.1 Å². The zero-order valence-electron chi connectivity index (χ0n) is 16.3. The number of hydrogen-bond acceptors (Lipinski definition) is 7. The minimum absolute atomic E-state index is 0.137. The Kier molecular flexibility index (Phi) is 7.02. The number of amides is 1. The zero-order chi connectivity index (χ0) is 19.8. The van der Waals surface area contributed by atoms with E-state index in [0.717, 1.165) is 30.2 Å². The summed E-state index contributed by atoms with van der Waals surface area (Å²) in [6.07, 6.45) is 0.400. The van der Waals surface area contributed by atoms with Crippen molar-refractivity contribution >= 4 is 11.7 Å². The number of nitrogens with zero attached hydrogens (tertiary/aromatic N) is 4. The molecule has 0 N–H and O–H groups in total. The predicted octanol–water partition coefficient (Wildman–Crippen LogP) is 1.40. The molecule has 0 atom stereocenters. The van der Waals surface area contributed by atoms with Gasteiger partial charge in [-0.15, -0.1) is 10.2 Å². The first-order valence-electron chi connectivity index (χ1n) is 9.30. The number of aromatic nitrogens is 2.